The Morgan fingerprint density at radius 2 is 1.19 bits per heavy atom. The Bertz CT molecular complexity index is 200. The molecule has 1 saturated heterocycles. The van der Waals surface area contributed by atoms with Crippen LogP contribution in [-0.4, -0.2) is 37.2 Å². The van der Waals surface area contributed by atoms with Crippen molar-refractivity contribution in [3.8, 4) is 0 Å². The molecule has 0 aliphatic carbocycles. The summed E-state index contributed by atoms with van der Waals surface area (Å²) in [7, 11) is 0. The summed E-state index contributed by atoms with van der Waals surface area (Å²) in [6.45, 7) is 9.19. The minimum atomic E-state index is 0.802. The van der Waals surface area contributed by atoms with Crippen molar-refractivity contribution in [3.05, 3.63) is 0 Å². The molecule has 0 N–H and O–H groups in total. The van der Waals surface area contributed by atoms with Crippen LogP contribution in [0.2, 0.25) is 0 Å². The minimum Gasteiger partial charge on any atom is -0.381 e. The van der Waals surface area contributed by atoms with Gasteiger partial charge in [-0.3, -0.25) is 0 Å². The summed E-state index contributed by atoms with van der Waals surface area (Å²) < 4.78 is 5.54. The van der Waals surface area contributed by atoms with Gasteiger partial charge in [0.25, 0.3) is 0 Å². The highest BCUT2D eigenvalue weighted by Gasteiger charge is 2.20. The Balaban J connectivity index is 2.20. The van der Waals surface area contributed by atoms with Crippen LogP contribution < -0.4 is 0 Å². The van der Waals surface area contributed by atoms with E-state index in [-0.39, 0.29) is 0 Å². The molecule has 1 heterocycles. The fraction of sp³-hybridized carbons (Fsp3) is 1.00. The van der Waals surface area contributed by atoms with E-state index in [0.29, 0.717) is 0 Å². The molecule has 0 aromatic heterocycles. The molecule has 0 atom stereocenters. The predicted molar refractivity (Wildman–Crippen MR) is 92.9 cm³/mol. The zero-order chi connectivity index (χ0) is 15.2. The molecule has 126 valence electrons. The fourth-order valence-electron chi connectivity index (χ4n) is 3.36. The van der Waals surface area contributed by atoms with Gasteiger partial charge in [-0.15, -0.1) is 0 Å². The van der Waals surface area contributed by atoms with Crippen LogP contribution in [0.15, 0.2) is 0 Å². The van der Waals surface area contributed by atoms with Crippen LogP contribution in [0.3, 0.4) is 0 Å². The summed E-state index contributed by atoms with van der Waals surface area (Å²) in [5.41, 5.74) is 0. The highest BCUT2D eigenvalue weighted by Crippen LogP contribution is 2.17. The van der Waals surface area contributed by atoms with Gasteiger partial charge < -0.3 is 9.64 Å². The van der Waals surface area contributed by atoms with E-state index < -0.39 is 0 Å². The zero-order valence-electron chi connectivity index (χ0n) is 14.7. The zero-order valence-corrected chi connectivity index (χ0v) is 14.7. The molecular formula is C19H39NO. The number of rotatable bonds is 13. The summed E-state index contributed by atoms with van der Waals surface area (Å²) in [6.07, 6.45) is 16.5. The largest absolute Gasteiger partial charge is 0.381 e. The average molecular weight is 298 g/mol. The lowest BCUT2D eigenvalue weighted by atomic mass is 10.0. The number of ether oxygens (including phenoxy) is 1. The lowest BCUT2D eigenvalue weighted by Crippen LogP contribution is -2.40. The SMILES string of the molecule is CCCCCCCN(CCCCCCC)C1CCOCC1. The van der Waals surface area contributed by atoms with Gasteiger partial charge in [-0.25, -0.2) is 0 Å². The van der Waals surface area contributed by atoms with Crippen molar-refractivity contribution in [3.63, 3.8) is 0 Å². The summed E-state index contributed by atoms with van der Waals surface area (Å²) >= 11 is 0. The molecule has 0 spiro atoms. The predicted octanol–water partition coefficient (Wildman–Crippen LogP) is 5.41. The van der Waals surface area contributed by atoms with Crippen LogP contribution >= 0.6 is 0 Å². The van der Waals surface area contributed by atoms with Crippen LogP contribution in [0.1, 0.15) is 90.9 Å². The molecule has 0 aromatic carbocycles. The summed E-state index contributed by atoms with van der Waals surface area (Å²) in [5.74, 6) is 0. The standard InChI is InChI=1S/C19H39NO/c1-3-5-7-9-11-15-20(16-12-10-8-6-4-2)19-13-17-21-18-14-19/h19H,3-18H2,1-2H3. The van der Waals surface area contributed by atoms with Crippen molar-refractivity contribution in [2.24, 2.45) is 0 Å². The van der Waals surface area contributed by atoms with Gasteiger partial charge in [0.15, 0.2) is 0 Å². The first-order chi connectivity index (χ1) is 10.4. The second-order valence-corrected chi connectivity index (χ2v) is 6.71. The van der Waals surface area contributed by atoms with Gasteiger partial charge in [-0.05, 0) is 38.8 Å². The number of unbranched alkanes of at least 4 members (excludes halogenated alkanes) is 8. The quantitative estimate of drug-likeness (QED) is 0.422. The van der Waals surface area contributed by atoms with E-state index in [0.717, 1.165) is 19.3 Å². The second kappa shape index (κ2) is 13.6. The van der Waals surface area contributed by atoms with Crippen molar-refractivity contribution in [2.45, 2.75) is 96.9 Å². The topological polar surface area (TPSA) is 12.5 Å². The van der Waals surface area contributed by atoms with Gasteiger partial charge in [0.1, 0.15) is 0 Å². The molecule has 1 rings (SSSR count). The molecule has 0 aromatic rings. The highest BCUT2D eigenvalue weighted by molar-refractivity contribution is 4.74. The molecule has 21 heavy (non-hydrogen) atoms. The molecular weight excluding hydrogens is 258 g/mol. The van der Waals surface area contributed by atoms with Gasteiger partial charge in [0.2, 0.25) is 0 Å². The Kier molecular flexibility index (Phi) is 12.3. The van der Waals surface area contributed by atoms with Crippen LogP contribution in [0.4, 0.5) is 0 Å². The van der Waals surface area contributed by atoms with Crippen molar-refractivity contribution in [1.29, 1.82) is 0 Å². The van der Waals surface area contributed by atoms with Crippen molar-refractivity contribution in [2.75, 3.05) is 26.3 Å². The third kappa shape index (κ3) is 9.52. The second-order valence-electron chi connectivity index (χ2n) is 6.71. The Morgan fingerprint density at radius 3 is 1.67 bits per heavy atom. The molecule has 0 amide bonds. The van der Waals surface area contributed by atoms with E-state index in [4.69, 9.17) is 4.74 Å². The van der Waals surface area contributed by atoms with Crippen molar-refractivity contribution >= 4 is 0 Å². The summed E-state index contributed by atoms with van der Waals surface area (Å²) in [5, 5.41) is 0. The maximum absolute atomic E-state index is 5.54. The Hall–Kier alpha value is -0.0800. The minimum absolute atomic E-state index is 0.802. The molecule has 0 unspecified atom stereocenters. The first-order valence-electron chi connectivity index (χ1n) is 9.70. The van der Waals surface area contributed by atoms with Gasteiger partial charge in [-0.1, -0.05) is 65.2 Å². The van der Waals surface area contributed by atoms with Crippen LogP contribution in [0.25, 0.3) is 0 Å². The molecule has 0 bridgehead atoms. The van der Waals surface area contributed by atoms with Gasteiger partial charge in [-0.2, -0.15) is 0 Å². The molecule has 2 nitrogen and oxygen atoms in total. The maximum Gasteiger partial charge on any atom is 0.0480 e. The summed E-state index contributed by atoms with van der Waals surface area (Å²) in [4.78, 5) is 2.79. The first-order valence-corrected chi connectivity index (χ1v) is 9.70. The third-order valence-electron chi connectivity index (χ3n) is 4.80. The molecule has 1 aliphatic heterocycles. The average Bonchev–Trinajstić information content (AvgIpc) is 2.53. The molecule has 2 heteroatoms. The number of nitrogens with zero attached hydrogens (tertiary/aromatic N) is 1. The van der Waals surface area contributed by atoms with Crippen LogP contribution in [0.5, 0.6) is 0 Å². The molecule has 1 fully saturated rings. The number of hydrogen-bond donors (Lipinski definition) is 0. The van der Waals surface area contributed by atoms with E-state index in [1.165, 1.54) is 90.1 Å². The number of hydrogen-bond acceptors (Lipinski definition) is 2. The van der Waals surface area contributed by atoms with Crippen LogP contribution in [-0.2, 0) is 4.74 Å². The van der Waals surface area contributed by atoms with Crippen molar-refractivity contribution in [1.82, 2.24) is 4.90 Å². The van der Waals surface area contributed by atoms with E-state index in [2.05, 4.69) is 18.7 Å². The molecule has 0 radical (unpaired) electrons. The van der Waals surface area contributed by atoms with E-state index in [1.54, 1.807) is 0 Å². The maximum atomic E-state index is 5.54. The van der Waals surface area contributed by atoms with Crippen molar-refractivity contribution < 1.29 is 4.74 Å². The first kappa shape index (κ1) is 19.0. The summed E-state index contributed by atoms with van der Waals surface area (Å²) in [6, 6.07) is 0.802. The van der Waals surface area contributed by atoms with Gasteiger partial charge in [0.05, 0.1) is 0 Å². The van der Waals surface area contributed by atoms with Gasteiger partial charge in [0, 0.05) is 19.3 Å². The fourth-order valence-corrected chi connectivity index (χ4v) is 3.36. The van der Waals surface area contributed by atoms with Gasteiger partial charge >= 0.3 is 0 Å². The van der Waals surface area contributed by atoms with Crippen LogP contribution in [0, 0.1) is 0 Å². The molecule has 1 aliphatic rings. The third-order valence-corrected chi connectivity index (χ3v) is 4.80. The lowest BCUT2D eigenvalue weighted by Gasteiger charge is -2.34. The Morgan fingerprint density at radius 1 is 0.714 bits per heavy atom. The monoisotopic (exact) mass is 297 g/mol. The molecule has 0 saturated carbocycles. The Labute approximate surface area is 133 Å². The van der Waals surface area contributed by atoms with E-state index >= 15 is 0 Å². The normalized spacial score (nSPS) is 16.7. The smallest absolute Gasteiger partial charge is 0.0480 e. The highest BCUT2D eigenvalue weighted by atomic mass is 16.5. The van der Waals surface area contributed by atoms with E-state index in [1.807, 2.05) is 0 Å². The lowest BCUT2D eigenvalue weighted by molar-refractivity contribution is 0.0326. The van der Waals surface area contributed by atoms with E-state index in [9.17, 15) is 0 Å².